The number of aryl methyl sites for hydroxylation is 2. The first-order valence-corrected chi connectivity index (χ1v) is 7.37. The molecule has 0 fully saturated rings. The Bertz CT molecular complexity index is 741. The lowest BCUT2D eigenvalue weighted by molar-refractivity contribution is 0.426. The van der Waals surface area contributed by atoms with E-state index in [4.69, 9.17) is 4.42 Å². The molecule has 3 rings (SSSR count). The van der Waals surface area contributed by atoms with Crippen molar-refractivity contribution in [3.63, 3.8) is 0 Å². The van der Waals surface area contributed by atoms with Gasteiger partial charge < -0.3 is 14.3 Å². The fourth-order valence-corrected chi connectivity index (χ4v) is 2.65. The van der Waals surface area contributed by atoms with Crippen molar-refractivity contribution in [2.75, 3.05) is 6.54 Å². The average Bonchev–Trinajstić information content (AvgIpc) is 3.04. The van der Waals surface area contributed by atoms with Crippen molar-refractivity contribution < 1.29 is 4.42 Å². The zero-order valence-corrected chi connectivity index (χ0v) is 12.8. The Balaban J connectivity index is 1.93. The summed E-state index contributed by atoms with van der Waals surface area (Å²) in [7, 11) is 2.02. The predicted molar refractivity (Wildman–Crippen MR) is 84.3 cm³/mol. The summed E-state index contributed by atoms with van der Waals surface area (Å²) in [6.45, 7) is 5.10. The van der Waals surface area contributed by atoms with Gasteiger partial charge >= 0.3 is 0 Å². The van der Waals surface area contributed by atoms with Crippen LogP contribution in [0, 0.1) is 6.92 Å². The van der Waals surface area contributed by atoms with E-state index in [-0.39, 0.29) is 6.04 Å². The molecule has 1 atom stereocenters. The number of benzene rings is 1. The summed E-state index contributed by atoms with van der Waals surface area (Å²) in [5.74, 6) is 2.03. The van der Waals surface area contributed by atoms with Gasteiger partial charge in [-0.05, 0) is 31.7 Å². The third-order valence-electron chi connectivity index (χ3n) is 3.79. The second-order valence-electron chi connectivity index (χ2n) is 5.46. The van der Waals surface area contributed by atoms with Crippen LogP contribution in [0.25, 0.3) is 11.0 Å². The number of hydrogen-bond donors (Lipinski definition) is 1. The van der Waals surface area contributed by atoms with Gasteiger partial charge in [-0.3, -0.25) is 0 Å². The molecule has 2 heterocycles. The molecule has 0 radical (unpaired) electrons. The molecule has 2 aromatic heterocycles. The minimum absolute atomic E-state index is 0.142. The van der Waals surface area contributed by atoms with Crippen molar-refractivity contribution in [3.8, 4) is 0 Å². The zero-order chi connectivity index (χ0) is 14.8. The highest BCUT2D eigenvalue weighted by Crippen LogP contribution is 2.26. The lowest BCUT2D eigenvalue weighted by Crippen LogP contribution is -2.23. The van der Waals surface area contributed by atoms with Gasteiger partial charge in [-0.15, -0.1) is 0 Å². The first-order chi connectivity index (χ1) is 10.2. The maximum atomic E-state index is 6.03. The van der Waals surface area contributed by atoms with Crippen LogP contribution in [0.3, 0.4) is 0 Å². The first-order valence-electron chi connectivity index (χ1n) is 7.37. The van der Waals surface area contributed by atoms with Gasteiger partial charge in [0.1, 0.15) is 17.2 Å². The third-order valence-corrected chi connectivity index (χ3v) is 3.79. The molecule has 0 saturated carbocycles. The van der Waals surface area contributed by atoms with Gasteiger partial charge in [0.05, 0.1) is 6.04 Å². The Hall–Kier alpha value is -2.07. The lowest BCUT2D eigenvalue weighted by Gasteiger charge is -2.15. The average molecular weight is 283 g/mol. The van der Waals surface area contributed by atoms with Gasteiger partial charge in [-0.25, -0.2) is 4.98 Å². The molecule has 0 spiro atoms. The zero-order valence-electron chi connectivity index (χ0n) is 12.8. The minimum Gasteiger partial charge on any atom is -0.459 e. The van der Waals surface area contributed by atoms with Crippen LogP contribution in [0.5, 0.6) is 0 Å². The first kappa shape index (κ1) is 13.9. The topological polar surface area (TPSA) is 43.0 Å². The van der Waals surface area contributed by atoms with Crippen LogP contribution in [0.4, 0.5) is 0 Å². The van der Waals surface area contributed by atoms with Crippen LogP contribution in [0.15, 0.2) is 41.1 Å². The Kier molecular flexibility index (Phi) is 3.80. The number of fused-ring (bicyclic) bond motifs is 1. The lowest BCUT2D eigenvalue weighted by atomic mass is 10.1. The highest BCUT2D eigenvalue weighted by Gasteiger charge is 2.18. The van der Waals surface area contributed by atoms with Crippen LogP contribution in [-0.2, 0) is 13.5 Å². The van der Waals surface area contributed by atoms with E-state index in [1.807, 2.05) is 25.5 Å². The Morgan fingerprint density at radius 2 is 2.19 bits per heavy atom. The van der Waals surface area contributed by atoms with Crippen molar-refractivity contribution in [2.45, 2.75) is 26.3 Å². The Morgan fingerprint density at radius 3 is 2.90 bits per heavy atom. The van der Waals surface area contributed by atoms with E-state index in [0.29, 0.717) is 0 Å². The van der Waals surface area contributed by atoms with E-state index in [1.165, 1.54) is 5.56 Å². The summed E-state index contributed by atoms with van der Waals surface area (Å²) in [5, 5.41) is 4.65. The van der Waals surface area contributed by atoms with Gasteiger partial charge in [0.15, 0.2) is 0 Å². The maximum absolute atomic E-state index is 6.03. The molecular weight excluding hydrogens is 262 g/mol. The van der Waals surface area contributed by atoms with Crippen molar-refractivity contribution in [1.29, 1.82) is 0 Å². The molecule has 0 aliphatic heterocycles. The monoisotopic (exact) mass is 283 g/mol. The van der Waals surface area contributed by atoms with Gasteiger partial charge in [-0.1, -0.05) is 18.6 Å². The van der Waals surface area contributed by atoms with Crippen molar-refractivity contribution >= 4 is 11.0 Å². The highest BCUT2D eigenvalue weighted by atomic mass is 16.3. The molecule has 0 amide bonds. The molecule has 4 heteroatoms. The minimum atomic E-state index is 0.142. The van der Waals surface area contributed by atoms with Gasteiger partial charge in [0, 0.05) is 31.2 Å². The van der Waals surface area contributed by atoms with E-state index >= 15 is 0 Å². The molecule has 0 bridgehead atoms. The number of rotatable bonds is 5. The van der Waals surface area contributed by atoms with E-state index in [2.05, 4.69) is 46.9 Å². The molecule has 4 nitrogen and oxygen atoms in total. The number of aromatic nitrogens is 2. The fourth-order valence-electron chi connectivity index (χ4n) is 2.65. The third kappa shape index (κ3) is 2.85. The largest absolute Gasteiger partial charge is 0.459 e. The van der Waals surface area contributed by atoms with Gasteiger partial charge in [0.25, 0.3) is 0 Å². The van der Waals surface area contributed by atoms with E-state index in [9.17, 15) is 0 Å². The summed E-state index contributed by atoms with van der Waals surface area (Å²) in [4.78, 5) is 4.41. The van der Waals surface area contributed by atoms with Crippen LogP contribution in [0.2, 0.25) is 0 Å². The van der Waals surface area contributed by atoms with Gasteiger partial charge in [0.2, 0.25) is 0 Å². The summed E-state index contributed by atoms with van der Waals surface area (Å²) in [5.41, 5.74) is 2.19. The van der Waals surface area contributed by atoms with E-state index < -0.39 is 0 Å². The number of furan rings is 1. The van der Waals surface area contributed by atoms with Crippen molar-refractivity contribution in [2.24, 2.45) is 7.05 Å². The summed E-state index contributed by atoms with van der Waals surface area (Å²) in [6.07, 6.45) is 4.62. The number of nitrogens with one attached hydrogen (secondary N) is 1. The molecule has 0 aliphatic carbocycles. The van der Waals surface area contributed by atoms with Crippen LogP contribution >= 0.6 is 0 Å². The summed E-state index contributed by atoms with van der Waals surface area (Å²) >= 11 is 0. The molecule has 110 valence electrons. The molecule has 3 aromatic rings. The molecule has 1 aromatic carbocycles. The fraction of sp³-hybridized carbons (Fsp3) is 0.353. The van der Waals surface area contributed by atoms with Gasteiger partial charge in [-0.2, -0.15) is 0 Å². The Morgan fingerprint density at radius 1 is 1.33 bits per heavy atom. The van der Waals surface area contributed by atoms with Crippen LogP contribution in [0.1, 0.15) is 30.1 Å². The number of likely N-dealkylation sites (N-methyl/N-ethyl adjacent to an activating group) is 1. The Labute approximate surface area is 124 Å². The number of imidazole rings is 1. The normalized spacial score (nSPS) is 12.9. The molecule has 1 N–H and O–H groups in total. The van der Waals surface area contributed by atoms with Crippen LogP contribution < -0.4 is 5.32 Å². The van der Waals surface area contributed by atoms with Crippen molar-refractivity contribution in [3.05, 3.63) is 53.8 Å². The smallest absolute Gasteiger partial charge is 0.134 e. The van der Waals surface area contributed by atoms with E-state index in [0.717, 1.165) is 35.5 Å². The SMILES string of the molecule is CCNC(Cc1nccn1C)c1cc2cc(C)ccc2o1. The van der Waals surface area contributed by atoms with E-state index in [1.54, 1.807) is 0 Å². The highest BCUT2D eigenvalue weighted by molar-refractivity contribution is 5.78. The molecule has 21 heavy (non-hydrogen) atoms. The molecular formula is C17H21N3O. The summed E-state index contributed by atoms with van der Waals surface area (Å²) in [6, 6.07) is 8.56. The predicted octanol–water partition coefficient (Wildman–Crippen LogP) is 3.37. The molecule has 0 aliphatic rings. The second kappa shape index (κ2) is 5.74. The number of nitrogens with zero attached hydrogens (tertiary/aromatic N) is 2. The standard InChI is InChI=1S/C17H21N3O/c1-4-18-14(11-17-19-7-8-20(17)3)16-10-13-9-12(2)5-6-15(13)21-16/h5-10,14,18H,4,11H2,1-3H3. The van der Waals surface area contributed by atoms with Crippen molar-refractivity contribution in [1.82, 2.24) is 14.9 Å². The maximum Gasteiger partial charge on any atom is 0.134 e. The van der Waals surface area contributed by atoms with Crippen LogP contribution in [-0.4, -0.2) is 16.1 Å². The quantitative estimate of drug-likeness (QED) is 0.780. The second-order valence-corrected chi connectivity index (χ2v) is 5.46. The molecule has 1 unspecified atom stereocenters. The summed E-state index contributed by atoms with van der Waals surface area (Å²) < 4.78 is 8.08. The number of hydrogen-bond acceptors (Lipinski definition) is 3. The molecule has 0 saturated heterocycles.